The highest BCUT2D eigenvalue weighted by Crippen LogP contribution is 2.39. The molecule has 0 heterocycles. The van der Waals surface area contributed by atoms with Gasteiger partial charge in [0, 0.05) is 30.1 Å². The van der Waals surface area contributed by atoms with Gasteiger partial charge in [0.05, 0.1) is 21.3 Å². The molecule has 0 aliphatic carbocycles. The van der Waals surface area contributed by atoms with Gasteiger partial charge in [0.1, 0.15) is 0 Å². The van der Waals surface area contributed by atoms with E-state index in [0.717, 1.165) is 6.08 Å². The number of hydrogen-bond acceptors (Lipinski definition) is 5. The number of carboxylic acid groups (broad SMARTS) is 1. The Morgan fingerprint density at radius 1 is 1.17 bits per heavy atom. The van der Waals surface area contributed by atoms with Crippen LogP contribution < -0.4 is 19.5 Å². The smallest absolute Gasteiger partial charge is 0.329 e. The van der Waals surface area contributed by atoms with E-state index in [1.807, 2.05) is 0 Å². The third-order valence-corrected chi connectivity index (χ3v) is 2.14. The number of methoxy groups -OCH3 is 3. The van der Waals surface area contributed by atoms with Crippen LogP contribution in [0.15, 0.2) is 24.4 Å². The van der Waals surface area contributed by atoms with Gasteiger partial charge in [-0.2, -0.15) is 0 Å². The number of anilines is 1. The lowest BCUT2D eigenvalue weighted by atomic mass is 10.2. The highest BCUT2D eigenvalue weighted by atomic mass is 16.5. The van der Waals surface area contributed by atoms with Crippen molar-refractivity contribution in [3.63, 3.8) is 0 Å². The minimum atomic E-state index is -1.03. The van der Waals surface area contributed by atoms with E-state index in [1.165, 1.54) is 27.5 Å². The van der Waals surface area contributed by atoms with Crippen LogP contribution in [0.4, 0.5) is 5.69 Å². The van der Waals surface area contributed by atoms with Crippen LogP contribution in [0.2, 0.25) is 0 Å². The topological polar surface area (TPSA) is 77.0 Å². The molecule has 98 valence electrons. The van der Waals surface area contributed by atoms with E-state index in [9.17, 15) is 4.79 Å². The van der Waals surface area contributed by atoms with Crippen LogP contribution in [0.5, 0.6) is 17.2 Å². The van der Waals surface area contributed by atoms with Crippen molar-refractivity contribution >= 4 is 11.7 Å². The number of aliphatic carboxylic acids is 1. The van der Waals surface area contributed by atoms with Crippen LogP contribution in [0.1, 0.15) is 0 Å². The molecule has 0 aliphatic heterocycles. The molecular formula is C12H15NO5. The lowest BCUT2D eigenvalue weighted by Gasteiger charge is -2.13. The molecule has 6 heteroatoms. The van der Waals surface area contributed by atoms with Gasteiger partial charge in [0.2, 0.25) is 5.75 Å². The van der Waals surface area contributed by atoms with Gasteiger partial charge >= 0.3 is 5.97 Å². The number of benzene rings is 1. The van der Waals surface area contributed by atoms with Gasteiger partial charge in [-0.3, -0.25) is 0 Å². The molecule has 0 atom stereocenters. The Hall–Kier alpha value is -2.37. The maximum atomic E-state index is 10.3. The van der Waals surface area contributed by atoms with Crippen LogP contribution in [-0.4, -0.2) is 32.4 Å². The summed E-state index contributed by atoms with van der Waals surface area (Å²) in [6.07, 6.45) is 2.30. The van der Waals surface area contributed by atoms with E-state index in [2.05, 4.69) is 5.32 Å². The minimum Gasteiger partial charge on any atom is -0.493 e. The number of hydrogen-bond donors (Lipinski definition) is 2. The molecule has 0 saturated heterocycles. The number of ether oxygens (including phenoxy) is 3. The van der Waals surface area contributed by atoms with Crippen LogP contribution in [0, 0.1) is 0 Å². The van der Waals surface area contributed by atoms with Gasteiger partial charge in [-0.05, 0) is 0 Å². The number of carbonyl (C=O) groups is 1. The maximum absolute atomic E-state index is 10.3. The molecule has 0 fully saturated rings. The summed E-state index contributed by atoms with van der Waals surface area (Å²) < 4.78 is 15.5. The van der Waals surface area contributed by atoms with Gasteiger partial charge in [0.25, 0.3) is 0 Å². The monoisotopic (exact) mass is 253 g/mol. The van der Waals surface area contributed by atoms with E-state index in [-0.39, 0.29) is 0 Å². The van der Waals surface area contributed by atoms with E-state index in [0.29, 0.717) is 22.9 Å². The largest absolute Gasteiger partial charge is 0.493 e. The van der Waals surface area contributed by atoms with Gasteiger partial charge in [0.15, 0.2) is 11.5 Å². The minimum absolute atomic E-state index is 0.479. The Kier molecular flexibility index (Phi) is 4.86. The molecule has 0 radical (unpaired) electrons. The Bertz CT molecular complexity index is 431. The lowest BCUT2D eigenvalue weighted by molar-refractivity contribution is -0.131. The van der Waals surface area contributed by atoms with E-state index in [4.69, 9.17) is 19.3 Å². The van der Waals surface area contributed by atoms with Crippen LogP contribution in [-0.2, 0) is 4.79 Å². The Balaban J connectivity index is 3.03. The summed E-state index contributed by atoms with van der Waals surface area (Å²) >= 11 is 0. The second-order valence-corrected chi connectivity index (χ2v) is 3.23. The van der Waals surface area contributed by atoms with Crippen molar-refractivity contribution in [1.82, 2.24) is 0 Å². The Morgan fingerprint density at radius 2 is 1.72 bits per heavy atom. The fourth-order valence-electron chi connectivity index (χ4n) is 1.37. The predicted octanol–water partition coefficient (Wildman–Crippen LogP) is 1.72. The standard InChI is InChI=1S/C12H15NO5/c1-16-9-6-8(13-5-4-11(14)15)7-10(17-2)12(9)18-3/h4-7,13H,1-3H3,(H,14,15)/b5-4+. The van der Waals surface area contributed by atoms with Crippen LogP contribution in [0.3, 0.4) is 0 Å². The van der Waals surface area contributed by atoms with Crippen molar-refractivity contribution < 1.29 is 24.1 Å². The third kappa shape index (κ3) is 3.31. The zero-order valence-corrected chi connectivity index (χ0v) is 10.4. The molecule has 0 amide bonds. The first-order chi connectivity index (χ1) is 8.62. The van der Waals surface area contributed by atoms with E-state index >= 15 is 0 Å². The summed E-state index contributed by atoms with van der Waals surface area (Å²) in [5.74, 6) is 0.425. The van der Waals surface area contributed by atoms with Crippen molar-refractivity contribution in [2.75, 3.05) is 26.6 Å². The van der Waals surface area contributed by atoms with Gasteiger partial charge < -0.3 is 24.6 Å². The number of nitrogens with one attached hydrogen (secondary N) is 1. The summed E-state index contributed by atoms with van der Waals surface area (Å²) in [6, 6.07) is 3.35. The quantitative estimate of drug-likeness (QED) is 0.752. The van der Waals surface area contributed by atoms with Crippen molar-refractivity contribution in [3.8, 4) is 17.2 Å². The molecule has 1 rings (SSSR count). The first-order valence-corrected chi connectivity index (χ1v) is 5.08. The second kappa shape index (κ2) is 6.39. The number of rotatable bonds is 6. The predicted molar refractivity (Wildman–Crippen MR) is 66.5 cm³/mol. The molecule has 0 aromatic heterocycles. The highest BCUT2D eigenvalue weighted by Gasteiger charge is 2.12. The van der Waals surface area contributed by atoms with Crippen molar-refractivity contribution in [2.24, 2.45) is 0 Å². The molecule has 1 aromatic carbocycles. The summed E-state index contributed by atoms with van der Waals surface area (Å²) in [5, 5.41) is 11.3. The highest BCUT2D eigenvalue weighted by molar-refractivity contribution is 5.80. The fourth-order valence-corrected chi connectivity index (χ4v) is 1.37. The third-order valence-electron chi connectivity index (χ3n) is 2.14. The zero-order valence-electron chi connectivity index (χ0n) is 10.4. The maximum Gasteiger partial charge on any atom is 0.329 e. The number of carboxylic acids is 1. The molecule has 18 heavy (non-hydrogen) atoms. The van der Waals surface area contributed by atoms with Gasteiger partial charge in [-0.15, -0.1) is 0 Å². The molecule has 0 bridgehead atoms. The average Bonchev–Trinajstić information content (AvgIpc) is 2.36. The van der Waals surface area contributed by atoms with Gasteiger partial charge in [-0.1, -0.05) is 0 Å². The van der Waals surface area contributed by atoms with E-state index in [1.54, 1.807) is 12.1 Å². The molecule has 0 unspecified atom stereocenters. The first-order valence-electron chi connectivity index (χ1n) is 5.08. The molecular weight excluding hydrogens is 238 g/mol. The summed E-state index contributed by atoms with van der Waals surface area (Å²) in [5.41, 5.74) is 0.627. The first kappa shape index (κ1) is 13.7. The summed E-state index contributed by atoms with van der Waals surface area (Å²) in [6.45, 7) is 0. The van der Waals surface area contributed by atoms with Crippen LogP contribution >= 0.6 is 0 Å². The zero-order chi connectivity index (χ0) is 13.5. The SMILES string of the molecule is COc1cc(N/C=C/C(=O)O)cc(OC)c1OC. The summed E-state index contributed by atoms with van der Waals surface area (Å²) in [4.78, 5) is 10.3. The van der Waals surface area contributed by atoms with Crippen molar-refractivity contribution in [3.05, 3.63) is 24.4 Å². The lowest BCUT2D eigenvalue weighted by Crippen LogP contribution is -1.98. The Labute approximate surface area is 105 Å². The molecule has 2 N–H and O–H groups in total. The molecule has 0 saturated carbocycles. The van der Waals surface area contributed by atoms with Crippen molar-refractivity contribution in [2.45, 2.75) is 0 Å². The van der Waals surface area contributed by atoms with Crippen LogP contribution in [0.25, 0.3) is 0 Å². The Morgan fingerprint density at radius 3 is 2.11 bits per heavy atom. The van der Waals surface area contributed by atoms with E-state index < -0.39 is 5.97 Å². The van der Waals surface area contributed by atoms with Gasteiger partial charge in [-0.25, -0.2) is 4.79 Å². The molecule has 6 nitrogen and oxygen atoms in total. The van der Waals surface area contributed by atoms with Crippen molar-refractivity contribution in [1.29, 1.82) is 0 Å². The average molecular weight is 253 g/mol. The normalized spacial score (nSPS) is 10.2. The fraction of sp³-hybridized carbons (Fsp3) is 0.250. The molecule has 1 aromatic rings. The molecule has 0 spiro atoms. The summed E-state index contributed by atoms with van der Waals surface area (Å²) in [7, 11) is 4.53. The second-order valence-electron chi connectivity index (χ2n) is 3.23. The molecule has 0 aliphatic rings.